The Morgan fingerprint density at radius 1 is 1.15 bits per heavy atom. The predicted octanol–water partition coefficient (Wildman–Crippen LogP) is 2.24. The van der Waals surface area contributed by atoms with Gasteiger partial charge in [-0.15, -0.1) is 5.10 Å². The number of hydrogen-bond donors (Lipinski definition) is 1. The normalized spacial score (nSPS) is 11.0. The highest BCUT2D eigenvalue weighted by Gasteiger charge is 2.13. The highest BCUT2D eigenvalue weighted by molar-refractivity contribution is 6.01. The number of fused-ring (bicyclic) bond motifs is 1. The Labute approximate surface area is 149 Å². The van der Waals surface area contributed by atoms with E-state index in [1.165, 1.54) is 4.52 Å². The van der Waals surface area contributed by atoms with Gasteiger partial charge in [0.05, 0.1) is 12.2 Å². The molecule has 4 aromatic rings. The van der Waals surface area contributed by atoms with Gasteiger partial charge in [0, 0.05) is 23.8 Å². The SMILES string of the molecule is Cc1cc(C)n(Cc2cccc(NC(=O)c3nc4ncccn4n3)c2)n1. The minimum atomic E-state index is -0.376. The molecule has 0 bridgehead atoms. The monoisotopic (exact) mass is 347 g/mol. The summed E-state index contributed by atoms with van der Waals surface area (Å²) < 4.78 is 3.40. The molecular weight excluding hydrogens is 330 g/mol. The molecule has 8 nitrogen and oxygen atoms in total. The fraction of sp³-hybridized carbons (Fsp3) is 0.167. The highest BCUT2D eigenvalue weighted by Crippen LogP contribution is 2.14. The summed E-state index contributed by atoms with van der Waals surface area (Å²) in [5.41, 5.74) is 3.80. The Morgan fingerprint density at radius 2 is 2.04 bits per heavy atom. The zero-order valence-corrected chi connectivity index (χ0v) is 14.4. The summed E-state index contributed by atoms with van der Waals surface area (Å²) in [5, 5.41) is 11.4. The third-order valence-electron chi connectivity index (χ3n) is 3.94. The third-order valence-corrected chi connectivity index (χ3v) is 3.94. The van der Waals surface area contributed by atoms with Gasteiger partial charge in [-0.3, -0.25) is 9.48 Å². The number of amides is 1. The molecule has 3 aromatic heterocycles. The molecule has 0 saturated heterocycles. The van der Waals surface area contributed by atoms with Crippen molar-refractivity contribution < 1.29 is 4.79 Å². The second-order valence-corrected chi connectivity index (χ2v) is 6.04. The molecule has 1 aromatic carbocycles. The number of aromatic nitrogens is 6. The molecular formula is C18H17N7O. The lowest BCUT2D eigenvalue weighted by atomic mass is 10.2. The number of carbonyl (C=O) groups excluding carboxylic acids is 1. The van der Waals surface area contributed by atoms with Crippen molar-refractivity contribution >= 4 is 17.4 Å². The first-order chi connectivity index (χ1) is 12.6. The first-order valence-electron chi connectivity index (χ1n) is 8.17. The molecule has 8 heteroatoms. The largest absolute Gasteiger partial charge is 0.319 e. The molecule has 0 unspecified atom stereocenters. The first-order valence-corrected chi connectivity index (χ1v) is 8.17. The van der Waals surface area contributed by atoms with E-state index in [-0.39, 0.29) is 11.7 Å². The lowest BCUT2D eigenvalue weighted by Crippen LogP contribution is -2.14. The maximum atomic E-state index is 12.4. The highest BCUT2D eigenvalue weighted by atomic mass is 16.2. The summed E-state index contributed by atoms with van der Waals surface area (Å²) >= 11 is 0. The second kappa shape index (κ2) is 6.40. The van der Waals surface area contributed by atoms with Crippen LogP contribution < -0.4 is 5.32 Å². The van der Waals surface area contributed by atoms with Crippen LogP contribution in [0.15, 0.2) is 48.8 Å². The number of anilines is 1. The standard InChI is InChI=1S/C18H17N7O/c1-12-9-13(2)25(22-12)11-14-5-3-6-15(10-14)20-17(26)16-21-18-19-7-4-8-24(18)23-16/h3-10H,11H2,1-2H3,(H,20,26). The second-order valence-electron chi connectivity index (χ2n) is 6.04. The Morgan fingerprint density at radius 3 is 2.81 bits per heavy atom. The van der Waals surface area contributed by atoms with Crippen molar-refractivity contribution in [2.45, 2.75) is 20.4 Å². The topological polar surface area (TPSA) is 90.0 Å². The van der Waals surface area contributed by atoms with E-state index in [1.807, 2.05) is 48.9 Å². The lowest BCUT2D eigenvalue weighted by Gasteiger charge is -2.08. The van der Waals surface area contributed by atoms with E-state index < -0.39 is 0 Å². The van der Waals surface area contributed by atoms with Gasteiger partial charge in [-0.1, -0.05) is 12.1 Å². The number of benzene rings is 1. The summed E-state index contributed by atoms with van der Waals surface area (Å²) in [4.78, 5) is 20.6. The molecule has 0 atom stereocenters. The van der Waals surface area contributed by atoms with Crippen LogP contribution in [0.25, 0.3) is 5.78 Å². The van der Waals surface area contributed by atoms with Crippen LogP contribution in [0.1, 0.15) is 27.6 Å². The van der Waals surface area contributed by atoms with Crippen molar-refractivity contribution in [3.8, 4) is 0 Å². The Hall–Kier alpha value is -3.55. The molecule has 0 spiro atoms. The first kappa shape index (κ1) is 15.9. The lowest BCUT2D eigenvalue weighted by molar-refractivity contribution is 0.101. The average Bonchev–Trinajstić information content (AvgIpc) is 3.18. The van der Waals surface area contributed by atoms with Gasteiger partial charge in [0.15, 0.2) is 0 Å². The molecule has 4 rings (SSSR count). The fourth-order valence-electron chi connectivity index (χ4n) is 2.77. The van der Waals surface area contributed by atoms with E-state index in [9.17, 15) is 4.79 Å². The van der Waals surface area contributed by atoms with E-state index >= 15 is 0 Å². The average molecular weight is 347 g/mol. The Kier molecular flexibility index (Phi) is 3.92. The quantitative estimate of drug-likeness (QED) is 0.611. The maximum absolute atomic E-state index is 12.4. The van der Waals surface area contributed by atoms with Crippen molar-refractivity contribution in [1.82, 2.24) is 29.4 Å². The molecule has 0 aliphatic heterocycles. The van der Waals surface area contributed by atoms with E-state index in [4.69, 9.17) is 0 Å². The van der Waals surface area contributed by atoms with Crippen LogP contribution in [-0.2, 0) is 6.54 Å². The van der Waals surface area contributed by atoms with E-state index in [2.05, 4.69) is 25.5 Å². The van der Waals surface area contributed by atoms with Crippen LogP contribution in [0.4, 0.5) is 5.69 Å². The van der Waals surface area contributed by atoms with Crippen LogP contribution in [0, 0.1) is 13.8 Å². The zero-order chi connectivity index (χ0) is 18.1. The third kappa shape index (κ3) is 3.16. The molecule has 0 fully saturated rings. The molecule has 3 heterocycles. The van der Waals surface area contributed by atoms with Crippen LogP contribution in [0.5, 0.6) is 0 Å². The van der Waals surface area contributed by atoms with Crippen molar-refractivity contribution in [3.05, 3.63) is 71.6 Å². The zero-order valence-electron chi connectivity index (χ0n) is 14.4. The van der Waals surface area contributed by atoms with Crippen LogP contribution >= 0.6 is 0 Å². The van der Waals surface area contributed by atoms with Crippen molar-refractivity contribution in [3.63, 3.8) is 0 Å². The van der Waals surface area contributed by atoms with E-state index in [0.717, 1.165) is 17.0 Å². The van der Waals surface area contributed by atoms with Gasteiger partial charge in [0.1, 0.15) is 0 Å². The molecule has 0 saturated carbocycles. The number of nitrogens with zero attached hydrogens (tertiary/aromatic N) is 6. The Balaban J connectivity index is 1.52. The summed E-state index contributed by atoms with van der Waals surface area (Å²) in [6.45, 7) is 4.63. The van der Waals surface area contributed by atoms with Gasteiger partial charge < -0.3 is 5.32 Å². The van der Waals surface area contributed by atoms with Gasteiger partial charge >= 0.3 is 0 Å². The minimum absolute atomic E-state index is 0.0765. The number of nitrogens with one attached hydrogen (secondary N) is 1. The maximum Gasteiger partial charge on any atom is 0.295 e. The Bertz CT molecular complexity index is 1060. The minimum Gasteiger partial charge on any atom is -0.319 e. The fourth-order valence-corrected chi connectivity index (χ4v) is 2.77. The van der Waals surface area contributed by atoms with Gasteiger partial charge in [-0.2, -0.15) is 10.1 Å². The summed E-state index contributed by atoms with van der Waals surface area (Å²) in [6.07, 6.45) is 3.30. The van der Waals surface area contributed by atoms with E-state index in [0.29, 0.717) is 18.0 Å². The molecule has 0 aliphatic carbocycles. The molecule has 0 radical (unpaired) electrons. The van der Waals surface area contributed by atoms with Crippen LogP contribution in [0.3, 0.4) is 0 Å². The van der Waals surface area contributed by atoms with Crippen molar-refractivity contribution in [1.29, 1.82) is 0 Å². The van der Waals surface area contributed by atoms with Gasteiger partial charge in [-0.25, -0.2) is 9.50 Å². The van der Waals surface area contributed by atoms with Crippen LogP contribution in [0.2, 0.25) is 0 Å². The van der Waals surface area contributed by atoms with Crippen LogP contribution in [-0.4, -0.2) is 35.3 Å². The smallest absolute Gasteiger partial charge is 0.295 e. The van der Waals surface area contributed by atoms with Gasteiger partial charge in [-0.05, 0) is 43.7 Å². The number of carbonyl (C=O) groups is 1. The predicted molar refractivity (Wildman–Crippen MR) is 96.0 cm³/mol. The summed E-state index contributed by atoms with van der Waals surface area (Å²) in [7, 11) is 0. The molecule has 26 heavy (non-hydrogen) atoms. The van der Waals surface area contributed by atoms with Crippen molar-refractivity contribution in [2.24, 2.45) is 0 Å². The molecule has 0 aliphatic rings. The van der Waals surface area contributed by atoms with Gasteiger partial charge in [0.25, 0.3) is 11.7 Å². The summed E-state index contributed by atoms with van der Waals surface area (Å²) in [5.74, 6) is 0.0855. The van der Waals surface area contributed by atoms with E-state index in [1.54, 1.807) is 18.5 Å². The molecule has 130 valence electrons. The van der Waals surface area contributed by atoms with Gasteiger partial charge in [0.2, 0.25) is 5.82 Å². The molecule has 1 N–H and O–H groups in total. The van der Waals surface area contributed by atoms with Crippen molar-refractivity contribution in [2.75, 3.05) is 5.32 Å². The number of aryl methyl sites for hydroxylation is 2. The number of rotatable bonds is 4. The number of hydrogen-bond acceptors (Lipinski definition) is 5. The summed E-state index contributed by atoms with van der Waals surface area (Å²) in [6, 6.07) is 11.4. The molecule has 1 amide bonds.